The average Bonchev–Trinajstić information content (AvgIpc) is 2.66. The van der Waals surface area contributed by atoms with Crippen LogP contribution in [-0.2, 0) is 12.8 Å². The highest BCUT2D eigenvalue weighted by Crippen LogP contribution is 2.21. The van der Waals surface area contributed by atoms with Crippen molar-refractivity contribution in [3.63, 3.8) is 0 Å². The number of nitrogens with one attached hydrogen (secondary N) is 1. The van der Waals surface area contributed by atoms with Crippen LogP contribution in [0.25, 0.3) is 0 Å². The molecule has 0 aromatic carbocycles. The summed E-state index contributed by atoms with van der Waals surface area (Å²) in [5.74, 6) is 0.809. The van der Waals surface area contributed by atoms with E-state index in [0.717, 1.165) is 12.5 Å². The summed E-state index contributed by atoms with van der Waals surface area (Å²) in [6.07, 6.45) is 5.05. The van der Waals surface area contributed by atoms with Gasteiger partial charge in [0.2, 0.25) is 0 Å². The van der Waals surface area contributed by atoms with Crippen LogP contribution in [-0.4, -0.2) is 13.6 Å². The standard InChI is InChI=1S/C13H23NS/c1-4-6-11(10-14-3)9-13-8-7-12(5-2)15-13/h7-8,11,14H,4-6,9-10H2,1-3H3. The third-order valence-electron chi connectivity index (χ3n) is 2.75. The van der Waals surface area contributed by atoms with E-state index in [0.29, 0.717) is 0 Å². The molecule has 1 aromatic heterocycles. The number of aryl methyl sites for hydroxylation is 1. The molecule has 0 aliphatic carbocycles. The first kappa shape index (κ1) is 12.7. The smallest absolute Gasteiger partial charge is 0.00514 e. The van der Waals surface area contributed by atoms with Gasteiger partial charge in [-0.15, -0.1) is 11.3 Å². The Morgan fingerprint density at radius 3 is 2.53 bits per heavy atom. The molecule has 0 fully saturated rings. The van der Waals surface area contributed by atoms with Crippen molar-refractivity contribution in [2.45, 2.75) is 39.5 Å². The van der Waals surface area contributed by atoms with Gasteiger partial charge in [-0.25, -0.2) is 0 Å². The summed E-state index contributed by atoms with van der Waals surface area (Å²) in [5.41, 5.74) is 0. The van der Waals surface area contributed by atoms with Gasteiger partial charge in [0.25, 0.3) is 0 Å². The molecule has 0 bridgehead atoms. The molecule has 0 aliphatic rings. The first-order valence-corrected chi connectivity index (χ1v) is 6.84. The highest BCUT2D eigenvalue weighted by Gasteiger charge is 2.09. The van der Waals surface area contributed by atoms with E-state index in [1.54, 1.807) is 4.88 Å². The van der Waals surface area contributed by atoms with E-state index >= 15 is 0 Å². The molecule has 1 aromatic rings. The highest BCUT2D eigenvalue weighted by molar-refractivity contribution is 7.11. The summed E-state index contributed by atoms with van der Waals surface area (Å²) < 4.78 is 0. The van der Waals surface area contributed by atoms with Gasteiger partial charge >= 0.3 is 0 Å². The van der Waals surface area contributed by atoms with Crippen molar-refractivity contribution in [2.75, 3.05) is 13.6 Å². The summed E-state index contributed by atoms with van der Waals surface area (Å²) in [4.78, 5) is 3.07. The second-order valence-electron chi connectivity index (χ2n) is 4.14. The van der Waals surface area contributed by atoms with Crippen LogP contribution in [0.1, 0.15) is 36.4 Å². The lowest BCUT2D eigenvalue weighted by Crippen LogP contribution is -2.20. The Morgan fingerprint density at radius 1 is 1.27 bits per heavy atom. The maximum Gasteiger partial charge on any atom is 0.00514 e. The van der Waals surface area contributed by atoms with Gasteiger partial charge in [0.1, 0.15) is 0 Å². The summed E-state index contributed by atoms with van der Waals surface area (Å²) in [6.45, 7) is 5.65. The SMILES string of the molecule is CCCC(CNC)Cc1ccc(CC)s1. The Balaban J connectivity index is 2.48. The molecule has 0 saturated carbocycles. The van der Waals surface area contributed by atoms with Crippen LogP contribution in [0.15, 0.2) is 12.1 Å². The van der Waals surface area contributed by atoms with E-state index < -0.39 is 0 Å². The largest absolute Gasteiger partial charge is 0.319 e. The molecule has 86 valence electrons. The van der Waals surface area contributed by atoms with Gasteiger partial charge < -0.3 is 5.32 Å². The predicted octanol–water partition coefficient (Wildman–Crippen LogP) is 3.49. The minimum absolute atomic E-state index is 0.809. The summed E-state index contributed by atoms with van der Waals surface area (Å²) >= 11 is 1.99. The molecule has 1 nitrogen and oxygen atoms in total. The molecule has 1 rings (SSSR count). The molecule has 1 heterocycles. The number of hydrogen-bond donors (Lipinski definition) is 1. The Morgan fingerprint density at radius 2 is 2.00 bits per heavy atom. The molecule has 1 N–H and O–H groups in total. The fourth-order valence-electron chi connectivity index (χ4n) is 1.98. The Kier molecular flexibility index (Phi) is 5.96. The zero-order valence-corrected chi connectivity index (χ0v) is 11.0. The predicted molar refractivity (Wildman–Crippen MR) is 69.7 cm³/mol. The summed E-state index contributed by atoms with van der Waals surface area (Å²) in [7, 11) is 2.05. The van der Waals surface area contributed by atoms with Crippen molar-refractivity contribution < 1.29 is 0 Å². The monoisotopic (exact) mass is 225 g/mol. The highest BCUT2D eigenvalue weighted by atomic mass is 32.1. The van der Waals surface area contributed by atoms with Gasteiger partial charge in [-0.2, -0.15) is 0 Å². The topological polar surface area (TPSA) is 12.0 Å². The van der Waals surface area contributed by atoms with E-state index in [2.05, 4.69) is 38.3 Å². The molecule has 1 unspecified atom stereocenters. The van der Waals surface area contributed by atoms with Crippen LogP contribution >= 0.6 is 11.3 Å². The molecule has 0 aliphatic heterocycles. The van der Waals surface area contributed by atoms with Crippen molar-refractivity contribution in [1.29, 1.82) is 0 Å². The van der Waals surface area contributed by atoms with Crippen LogP contribution in [0.4, 0.5) is 0 Å². The van der Waals surface area contributed by atoms with Gasteiger partial charge in [-0.05, 0) is 50.9 Å². The lowest BCUT2D eigenvalue weighted by atomic mass is 9.99. The van der Waals surface area contributed by atoms with Crippen molar-refractivity contribution in [2.24, 2.45) is 5.92 Å². The molecule has 15 heavy (non-hydrogen) atoms. The molecule has 0 radical (unpaired) electrons. The Labute approximate surface area is 97.9 Å². The van der Waals surface area contributed by atoms with Crippen molar-refractivity contribution >= 4 is 11.3 Å². The second kappa shape index (κ2) is 7.02. The average molecular weight is 225 g/mol. The lowest BCUT2D eigenvalue weighted by Gasteiger charge is -2.14. The van der Waals surface area contributed by atoms with Gasteiger partial charge in [0.15, 0.2) is 0 Å². The van der Waals surface area contributed by atoms with Gasteiger partial charge in [-0.3, -0.25) is 0 Å². The van der Waals surface area contributed by atoms with Gasteiger partial charge in [0.05, 0.1) is 0 Å². The van der Waals surface area contributed by atoms with Crippen LogP contribution in [0.5, 0.6) is 0 Å². The number of rotatable bonds is 7. The number of hydrogen-bond acceptors (Lipinski definition) is 2. The Hall–Kier alpha value is -0.340. The maximum atomic E-state index is 3.30. The third-order valence-corrected chi connectivity index (χ3v) is 4.00. The van der Waals surface area contributed by atoms with Crippen molar-refractivity contribution in [3.8, 4) is 0 Å². The fraction of sp³-hybridized carbons (Fsp3) is 0.692. The molecular weight excluding hydrogens is 202 g/mol. The molecule has 0 amide bonds. The zero-order valence-electron chi connectivity index (χ0n) is 10.2. The summed E-state index contributed by atoms with van der Waals surface area (Å²) in [6, 6.07) is 4.59. The van der Waals surface area contributed by atoms with Crippen LogP contribution in [0, 0.1) is 5.92 Å². The normalized spacial score (nSPS) is 13.0. The minimum Gasteiger partial charge on any atom is -0.319 e. The van der Waals surface area contributed by atoms with Gasteiger partial charge in [-0.1, -0.05) is 20.3 Å². The minimum atomic E-state index is 0.809. The second-order valence-corrected chi connectivity index (χ2v) is 5.39. The molecular formula is C13H23NS. The van der Waals surface area contributed by atoms with E-state index in [1.165, 1.54) is 30.6 Å². The first-order chi connectivity index (χ1) is 7.30. The number of thiophene rings is 1. The van der Waals surface area contributed by atoms with E-state index in [4.69, 9.17) is 0 Å². The van der Waals surface area contributed by atoms with E-state index in [9.17, 15) is 0 Å². The first-order valence-electron chi connectivity index (χ1n) is 6.02. The third kappa shape index (κ3) is 4.35. The summed E-state index contributed by atoms with van der Waals surface area (Å²) in [5, 5.41) is 3.30. The molecule has 1 atom stereocenters. The Bertz CT molecular complexity index is 261. The van der Waals surface area contributed by atoms with Crippen LogP contribution in [0.3, 0.4) is 0 Å². The maximum absolute atomic E-state index is 3.30. The van der Waals surface area contributed by atoms with Crippen molar-refractivity contribution in [1.82, 2.24) is 5.32 Å². The van der Waals surface area contributed by atoms with E-state index in [-0.39, 0.29) is 0 Å². The van der Waals surface area contributed by atoms with E-state index in [1.807, 2.05) is 11.3 Å². The molecule has 0 saturated heterocycles. The molecule has 2 heteroatoms. The van der Waals surface area contributed by atoms with Crippen LogP contribution in [0.2, 0.25) is 0 Å². The van der Waals surface area contributed by atoms with Crippen molar-refractivity contribution in [3.05, 3.63) is 21.9 Å². The lowest BCUT2D eigenvalue weighted by molar-refractivity contribution is 0.458. The zero-order chi connectivity index (χ0) is 11.1. The quantitative estimate of drug-likeness (QED) is 0.749. The fourth-order valence-corrected chi connectivity index (χ4v) is 3.05. The molecule has 0 spiro atoms. The van der Waals surface area contributed by atoms with Crippen LogP contribution < -0.4 is 5.32 Å². The van der Waals surface area contributed by atoms with Gasteiger partial charge in [0, 0.05) is 9.75 Å².